The van der Waals surface area contributed by atoms with Gasteiger partial charge in [-0.2, -0.15) is 0 Å². The lowest BCUT2D eigenvalue weighted by Gasteiger charge is -2.12. The van der Waals surface area contributed by atoms with Crippen LogP contribution in [0.2, 0.25) is 0 Å². The molecule has 0 aliphatic heterocycles. The molecule has 0 aliphatic carbocycles. The average Bonchev–Trinajstić information content (AvgIpc) is 2.62. The van der Waals surface area contributed by atoms with E-state index in [2.05, 4.69) is 15.3 Å². The van der Waals surface area contributed by atoms with Crippen LogP contribution in [0.5, 0.6) is 17.2 Å². The normalized spacial score (nSPS) is 10.5. The highest BCUT2D eigenvalue weighted by Crippen LogP contribution is 2.34. The summed E-state index contributed by atoms with van der Waals surface area (Å²) < 4.78 is 10.6. The number of aromatic nitrogens is 2. The number of nitrogens with zero attached hydrogens (tertiary/aromatic N) is 2. The fourth-order valence-electron chi connectivity index (χ4n) is 2.40. The molecule has 0 unspecified atom stereocenters. The summed E-state index contributed by atoms with van der Waals surface area (Å²) in [5.41, 5.74) is 0.889. The van der Waals surface area contributed by atoms with E-state index in [4.69, 9.17) is 14.6 Å². The van der Waals surface area contributed by atoms with Gasteiger partial charge in [0.2, 0.25) is 0 Å². The van der Waals surface area contributed by atoms with E-state index in [-0.39, 0.29) is 11.3 Å². The van der Waals surface area contributed by atoms with Gasteiger partial charge in [-0.1, -0.05) is 0 Å². The van der Waals surface area contributed by atoms with Crippen LogP contribution in [-0.4, -0.2) is 40.4 Å². The van der Waals surface area contributed by atoms with Crippen LogP contribution in [0.3, 0.4) is 0 Å². The van der Waals surface area contributed by atoms with E-state index in [0.717, 1.165) is 0 Å². The molecule has 25 heavy (non-hydrogen) atoms. The molecular formula is C17H15N3O5. The zero-order chi connectivity index (χ0) is 18.0. The molecule has 0 saturated carbocycles. The van der Waals surface area contributed by atoms with Gasteiger partial charge in [-0.15, -0.1) is 0 Å². The smallest absolute Gasteiger partial charge is 0.339 e. The minimum absolute atomic E-state index is 0.206. The molecule has 1 aromatic heterocycles. The van der Waals surface area contributed by atoms with Crippen LogP contribution in [-0.2, 0) is 0 Å². The Morgan fingerprint density at radius 2 is 1.80 bits per heavy atom. The molecule has 0 atom stereocenters. The number of benzene rings is 2. The van der Waals surface area contributed by atoms with Gasteiger partial charge >= 0.3 is 5.97 Å². The van der Waals surface area contributed by atoms with Crippen molar-refractivity contribution in [3.05, 3.63) is 42.2 Å². The Morgan fingerprint density at radius 1 is 1.08 bits per heavy atom. The number of fused-ring (bicyclic) bond motifs is 1. The van der Waals surface area contributed by atoms with Crippen LogP contribution in [0.4, 0.5) is 11.5 Å². The number of aromatic hydroxyl groups is 1. The van der Waals surface area contributed by atoms with E-state index in [0.29, 0.717) is 33.9 Å². The number of carboxylic acids is 1. The van der Waals surface area contributed by atoms with Crippen LogP contribution in [0.1, 0.15) is 10.4 Å². The molecule has 8 nitrogen and oxygen atoms in total. The molecule has 3 rings (SSSR count). The number of carbonyl (C=O) groups is 1. The molecular weight excluding hydrogens is 326 g/mol. The monoisotopic (exact) mass is 341 g/mol. The molecule has 0 aliphatic rings. The first-order valence-electron chi connectivity index (χ1n) is 7.23. The van der Waals surface area contributed by atoms with E-state index in [1.54, 1.807) is 18.2 Å². The quantitative estimate of drug-likeness (QED) is 0.607. The van der Waals surface area contributed by atoms with Gasteiger partial charge in [0.1, 0.15) is 23.5 Å². The second-order valence-corrected chi connectivity index (χ2v) is 5.11. The number of rotatable bonds is 5. The van der Waals surface area contributed by atoms with Crippen LogP contribution in [0.15, 0.2) is 36.7 Å². The van der Waals surface area contributed by atoms with Gasteiger partial charge in [-0.05, 0) is 24.3 Å². The Hall–Kier alpha value is -3.55. The summed E-state index contributed by atoms with van der Waals surface area (Å²) >= 11 is 0. The minimum atomic E-state index is -1.22. The SMILES string of the molecule is COc1cc2ncnc(Nc3ccc(O)c(C(=O)O)c3)c2cc1OC. The van der Waals surface area contributed by atoms with Crippen molar-refractivity contribution in [2.45, 2.75) is 0 Å². The number of methoxy groups -OCH3 is 2. The Labute approximate surface area is 142 Å². The second-order valence-electron chi connectivity index (χ2n) is 5.11. The van der Waals surface area contributed by atoms with E-state index >= 15 is 0 Å². The fraction of sp³-hybridized carbons (Fsp3) is 0.118. The van der Waals surface area contributed by atoms with Crippen LogP contribution < -0.4 is 14.8 Å². The molecule has 0 radical (unpaired) electrons. The Balaban J connectivity index is 2.07. The van der Waals surface area contributed by atoms with Crippen molar-refractivity contribution in [1.29, 1.82) is 0 Å². The number of carboxylic acid groups (broad SMARTS) is 1. The number of phenols is 1. The van der Waals surface area contributed by atoms with Crippen molar-refractivity contribution < 1.29 is 24.5 Å². The highest BCUT2D eigenvalue weighted by atomic mass is 16.5. The third-order valence-electron chi connectivity index (χ3n) is 3.63. The van der Waals surface area contributed by atoms with Gasteiger partial charge < -0.3 is 25.0 Å². The van der Waals surface area contributed by atoms with Crippen molar-refractivity contribution in [3.8, 4) is 17.2 Å². The van der Waals surface area contributed by atoms with E-state index in [1.165, 1.54) is 32.7 Å². The zero-order valence-electron chi connectivity index (χ0n) is 13.5. The van der Waals surface area contributed by atoms with Crippen LogP contribution >= 0.6 is 0 Å². The Kier molecular flexibility index (Phi) is 4.25. The van der Waals surface area contributed by atoms with Crippen LogP contribution in [0.25, 0.3) is 10.9 Å². The highest BCUT2D eigenvalue weighted by molar-refractivity contribution is 5.95. The van der Waals surface area contributed by atoms with Crippen molar-refractivity contribution in [1.82, 2.24) is 9.97 Å². The summed E-state index contributed by atoms with van der Waals surface area (Å²) in [6, 6.07) is 7.64. The summed E-state index contributed by atoms with van der Waals surface area (Å²) in [5.74, 6) is -0.00712. The maximum atomic E-state index is 11.1. The third-order valence-corrected chi connectivity index (χ3v) is 3.63. The van der Waals surface area contributed by atoms with E-state index in [1.807, 2.05) is 0 Å². The average molecular weight is 341 g/mol. The van der Waals surface area contributed by atoms with Crippen LogP contribution in [0, 0.1) is 0 Å². The molecule has 0 saturated heterocycles. The maximum Gasteiger partial charge on any atom is 0.339 e. The van der Waals surface area contributed by atoms with Crippen molar-refractivity contribution >= 4 is 28.4 Å². The molecule has 2 aromatic carbocycles. The van der Waals surface area contributed by atoms with Gasteiger partial charge in [-0.25, -0.2) is 14.8 Å². The number of ether oxygens (including phenoxy) is 2. The number of nitrogens with one attached hydrogen (secondary N) is 1. The van der Waals surface area contributed by atoms with Crippen molar-refractivity contribution in [3.63, 3.8) is 0 Å². The number of hydrogen-bond donors (Lipinski definition) is 3. The molecule has 128 valence electrons. The minimum Gasteiger partial charge on any atom is -0.507 e. The molecule has 3 N–H and O–H groups in total. The first-order chi connectivity index (χ1) is 12.0. The number of anilines is 2. The molecule has 0 amide bonds. The second kappa shape index (κ2) is 6.52. The number of aromatic carboxylic acids is 1. The highest BCUT2D eigenvalue weighted by Gasteiger charge is 2.13. The van der Waals surface area contributed by atoms with Gasteiger partial charge in [0.25, 0.3) is 0 Å². The van der Waals surface area contributed by atoms with Crippen molar-refractivity contribution in [2.24, 2.45) is 0 Å². The predicted molar refractivity (Wildman–Crippen MR) is 91.0 cm³/mol. The lowest BCUT2D eigenvalue weighted by molar-refractivity contribution is 0.0694. The van der Waals surface area contributed by atoms with Gasteiger partial charge in [0.05, 0.1) is 19.7 Å². The molecule has 0 fully saturated rings. The predicted octanol–water partition coefficient (Wildman–Crippen LogP) is 2.79. The Morgan fingerprint density at radius 3 is 2.48 bits per heavy atom. The molecule has 1 heterocycles. The topological polar surface area (TPSA) is 114 Å². The maximum absolute atomic E-state index is 11.1. The first kappa shape index (κ1) is 16.3. The van der Waals surface area contributed by atoms with Gasteiger partial charge in [0.15, 0.2) is 11.5 Å². The summed E-state index contributed by atoms with van der Waals surface area (Å²) in [7, 11) is 3.06. The molecule has 3 aromatic rings. The first-order valence-corrected chi connectivity index (χ1v) is 7.23. The fourth-order valence-corrected chi connectivity index (χ4v) is 2.40. The Bertz CT molecular complexity index is 958. The summed E-state index contributed by atoms with van der Waals surface area (Å²) in [4.78, 5) is 19.6. The molecule has 8 heteroatoms. The summed E-state index contributed by atoms with van der Waals surface area (Å²) in [5, 5.41) is 22.4. The molecule has 0 bridgehead atoms. The largest absolute Gasteiger partial charge is 0.507 e. The molecule has 0 spiro atoms. The van der Waals surface area contributed by atoms with Gasteiger partial charge in [-0.3, -0.25) is 0 Å². The number of hydrogen-bond acceptors (Lipinski definition) is 7. The lowest BCUT2D eigenvalue weighted by atomic mass is 10.1. The summed E-state index contributed by atoms with van der Waals surface area (Å²) in [6.07, 6.45) is 1.38. The third kappa shape index (κ3) is 3.09. The standard InChI is InChI=1S/C17H15N3O5/c1-24-14-6-10-12(7-15(14)25-2)18-8-19-16(10)20-9-3-4-13(21)11(5-9)17(22)23/h3-8,21H,1-2H3,(H,22,23)(H,18,19,20). The van der Waals surface area contributed by atoms with Gasteiger partial charge in [0, 0.05) is 17.1 Å². The van der Waals surface area contributed by atoms with Crippen molar-refractivity contribution in [2.75, 3.05) is 19.5 Å². The summed E-state index contributed by atoms with van der Waals surface area (Å²) in [6.45, 7) is 0. The van der Waals surface area contributed by atoms with E-state index in [9.17, 15) is 9.90 Å². The zero-order valence-corrected chi connectivity index (χ0v) is 13.5. The van der Waals surface area contributed by atoms with E-state index < -0.39 is 5.97 Å². The lowest BCUT2D eigenvalue weighted by Crippen LogP contribution is -2.01.